The number of hydrogen-bond acceptors (Lipinski definition) is 4. The second kappa shape index (κ2) is 7.98. The van der Waals surface area contributed by atoms with Gasteiger partial charge in [-0.25, -0.2) is 4.79 Å². The third-order valence-electron chi connectivity index (χ3n) is 5.09. The zero-order valence-corrected chi connectivity index (χ0v) is 16.4. The minimum absolute atomic E-state index is 0.00860. The molecule has 0 unspecified atom stereocenters. The minimum atomic E-state index is -0.00860. The molecule has 0 fully saturated rings. The Balaban J connectivity index is 1.33. The van der Waals surface area contributed by atoms with Crippen molar-refractivity contribution >= 4 is 16.9 Å². The van der Waals surface area contributed by atoms with Crippen LogP contribution in [-0.4, -0.2) is 57.8 Å². The number of fused-ring (bicyclic) bond motifs is 2. The first-order chi connectivity index (χ1) is 13.6. The van der Waals surface area contributed by atoms with Gasteiger partial charge in [0.25, 0.3) is 0 Å². The molecule has 7 nitrogen and oxygen atoms in total. The maximum Gasteiger partial charge on any atom is 0.317 e. The molecule has 4 rings (SSSR count). The Morgan fingerprint density at radius 2 is 2.14 bits per heavy atom. The third kappa shape index (κ3) is 3.99. The molecule has 1 aromatic carbocycles. The number of carbonyl (C=O) groups is 1. The number of amides is 2. The van der Waals surface area contributed by atoms with Crippen LogP contribution in [0.1, 0.15) is 16.8 Å². The van der Waals surface area contributed by atoms with Gasteiger partial charge in [-0.05, 0) is 44.3 Å². The largest absolute Gasteiger partial charge is 0.338 e. The first-order valence-corrected chi connectivity index (χ1v) is 9.65. The molecule has 2 aromatic heterocycles. The lowest BCUT2D eigenvalue weighted by atomic mass is 10.1. The summed E-state index contributed by atoms with van der Waals surface area (Å²) >= 11 is 0. The lowest BCUT2D eigenvalue weighted by Gasteiger charge is -2.29. The fraction of sp³-hybridized carbons (Fsp3) is 0.381. The van der Waals surface area contributed by atoms with Crippen molar-refractivity contribution in [3.63, 3.8) is 0 Å². The van der Waals surface area contributed by atoms with Gasteiger partial charge in [0, 0.05) is 36.8 Å². The third-order valence-corrected chi connectivity index (χ3v) is 5.09. The predicted molar refractivity (Wildman–Crippen MR) is 109 cm³/mol. The van der Waals surface area contributed by atoms with E-state index in [0.29, 0.717) is 19.6 Å². The van der Waals surface area contributed by atoms with E-state index in [1.165, 1.54) is 11.1 Å². The van der Waals surface area contributed by atoms with Crippen molar-refractivity contribution < 1.29 is 4.79 Å². The number of carbonyl (C=O) groups excluding carboxylic acids is 1. The SMILES string of the molecule is CN(C)Cc1cnn2c1CN(C(=O)NCCc1ccc3ncccc3c1)CC2. The van der Waals surface area contributed by atoms with Crippen molar-refractivity contribution in [3.8, 4) is 0 Å². The second-order valence-corrected chi connectivity index (χ2v) is 7.51. The van der Waals surface area contributed by atoms with Gasteiger partial charge < -0.3 is 15.1 Å². The average molecular weight is 378 g/mol. The Bertz CT molecular complexity index is 980. The molecular weight excluding hydrogens is 352 g/mol. The van der Waals surface area contributed by atoms with Gasteiger partial charge in [0.15, 0.2) is 0 Å². The van der Waals surface area contributed by atoms with E-state index in [9.17, 15) is 4.79 Å². The van der Waals surface area contributed by atoms with Gasteiger partial charge in [-0.1, -0.05) is 12.1 Å². The molecule has 146 valence electrons. The number of hydrogen-bond donors (Lipinski definition) is 1. The van der Waals surface area contributed by atoms with E-state index in [1.54, 1.807) is 6.20 Å². The molecule has 1 aliphatic rings. The Morgan fingerprint density at radius 1 is 1.25 bits per heavy atom. The van der Waals surface area contributed by atoms with Gasteiger partial charge in [0.2, 0.25) is 0 Å². The van der Waals surface area contributed by atoms with Crippen LogP contribution in [0.5, 0.6) is 0 Å². The highest BCUT2D eigenvalue weighted by Crippen LogP contribution is 2.18. The molecule has 3 heterocycles. The first kappa shape index (κ1) is 18.4. The number of urea groups is 1. The van der Waals surface area contributed by atoms with Crippen LogP contribution in [0.25, 0.3) is 10.9 Å². The molecule has 1 N–H and O–H groups in total. The highest BCUT2D eigenvalue weighted by Gasteiger charge is 2.23. The van der Waals surface area contributed by atoms with Crippen LogP contribution in [-0.2, 0) is 26.1 Å². The molecule has 0 spiro atoms. The summed E-state index contributed by atoms with van der Waals surface area (Å²) in [7, 11) is 4.08. The Morgan fingerprint density at radius 3 is 3.00 bits per heavy atom. The van der Waals surface area contributed by atoms with Crippen molar-refractivity contribution in [2.45, 2.75) is 26.1 Å². The molecule has 1 aliphatic heterocycles. The molecule has 0 saturated carbocycles. The summed E-state index contributed by atoms with van der Waals surface area (Å²) < 4.78 is 2.02. The van der Waals surface area contributed by atoms with E-state index in [4.69, 9.17) is 0 Å². The molecule has 3 aromatic rings. The molecule has 0 atom stereocenters. The van der Waals surface area contributed by atoms with Crippen LogP contribution in [0, 0.1) is 0 Å². The summed E-state index contributed by atoms with van der Waals surface area (Å²) in [5, 5.41) is 8.65. The highest BCUT2D eigenvalue weighted by molar-refractivity contribution is 5.79. The van der Waals surface area contributed by atoms with Crippen LogP contribution in [0.4, 0.5) is 4.79 Å². The summed E-state index contributed by atoms with van der Waals surface area (Å²) in [5.74, 6) is 0. The Hall–Kier alpha value is -2.93. The standard InChI is InChI=1S/C21H26N6O/c1-25(2)14-18-13-24-27-11-10-26(15-20(18)27)21(28)23-9-7-16-5-6-19-17(12-16)4-3-8-22-19/h3-6,8,12-13H,7,9-11,14-15H2,1-2H3,(H,23,28). The highest BCUT2D eigenvalue weighted by atomic mass is 16.2. The van der Waals surface area contributed by atoms with Crippen LogP contribution in [0.2, 0.25) is 0 Å². The van der Waals surface area contributed by atoms with Crippen molar-refractivity contribution in [1.82, 2.24) is 29.9 Å². The van der Waals surface area contributed by atoms with Crippen molar-refractivity contribution in [2.75, 3.05) is 27.2 Å². The predicted octanol–water partition coefficient (Wildman–Crippen LogP) is 2.26. The second-order valence-electron chi connectivity index (χ2n) is 7.51. The first-order valence-electron chi connectivity index (χ1n) is 9.65. The molecule has 0 saturated heterocycles. The quantitative estimate of drug-likeness (QED) is 0.740. The molecule has 7 heteroatoms. The van der Waals surface area contributed by atoms with E-state index in [2.05, 4.69) is 38.5 Å². The van der Waals surface area contributed by atoms with E-state index >= 15 is 0 Å². The van der Waals surface area contributed by atoms with Crippen molar-refractivity contribution in [3.05, 3.63) is 59.5 Å². The molecular formula is C21H26N6O. The van der Waals surface area contributed by atoms with Gasteiger partial charge in [0.05, 0.1) is 30.5 Å². The van der Waals surface area contributed by atoms with E-state index in [0.717, 1.165) is 36.1 Å². The summed E-state index contributed by atoms with van der Waals surface area (Å²) in [6.45, 7) is 3.49. The number of aromatic nitrogens is 3. The normalized spacial score (nSPS) is 13.8. The maximum atomic E-state index is 12.6. The maximum absolute atomic E-state index is 12.6. The zero-order chi connectivity index (χ0) is 19.5. The van der Waals surface area contributed by atoms with Crippen LogP contribution in [0.3, 0.4) is 0 Å². The van der Waals surface area contributed by atoms with Crippen molar-refractivity contribution in [1.29, 1.82) is 0 Å². The van der Waals surface area contributed by atoms with E-state index in [-0.39, 0.29) is 6.03 Å². The molecule has 0 radical (unpaired) electrons. The summed E-state index contributed by atoms with van der Waals surface area (Å²) in [4.78, 5) is 21.0. The topological polar surface area (TPSA) is 66.3 Å². The minimum Gasteiger partial charge on any atom is -0.338 e. The smallest absolute Gasteiger partial charge is 0.317 e. The van der Waals surface area contributed by atoms with E-state index < -0.39 is 0 Å². The van der Waals surface area contributed by atoms with Gasteiger partial charge in [0.1, 0.15) is 0 Å². The monoisotopic (exact) mass is 378 g/mol. The number of pyridine rings is 1. The van der Waals surface area contributed by atoms with Crippen LogP contribution < -0.4 is 5.32 Å². The average Bonchev–Trinajstić information content (AvgIpc) is 3.09. The zero-order valence-electron chi connectivity index (χ0n) is 16.4. The number of benzene rings is 1. The molecule has 2 amide bonds. The Labute approximate surface area is 165 Å². The van der Waals surface area contributed by atoms with Gasteiger partial charge in [-0.2, -0.15) is 5.10 Å². The molecule has 28 heavy (non-hydrogen) atoms. The number of nitrogens with zero attached hydrogens (tertiary/aromatic N) is 5. The number of nitrogens with one attached hydrogen (secondary N) is 1. The van der Waals surface area contributed by atoms with Crippen molar-refractivity contribution in [2.24, 2.45) is 0 Å². The molecule has 0 aliphatic carbocycles. The van der Waals surface area contributed by atoms with Gasteiger partial charge >= 0.3 is 6.03 Å². The fourth-order valence-electron chi connectivity index (χ4n) is 3.65. The summed E-state index contributed by atoms with van der Waals surface area (Å²) in [6.07, 6.45) is 4.52. The van der Waals surface area contributed by atoms with E-state index in [1.807, 2.05) is 42.0 Å². The van der Waals surface area contributed by atoms with Gasteiger partial charge in [-0.15, -0.1) is 0 Å². The lowest BCUT2D eigenvalue weighted by molar-refractivity contribution is 0.180. The fourth-order valence-corrected chi connectivity index (χ4v) is 3.65. The molecule has 0 bridgehead atoms. The summed E-state index contributed by atoms with van der Waals surface area (Å²) in [6, 6.07) is 10.2. The number of rotatable bonds is 5. The Kier molecular flexibility index (Phi) is 5.25. The lowest BCUT2D eigenvalue weighted by Crippen LogP contribution is -2.45. The summed E-state index contributed by atoms with van der Waals surface area (Å²) in [5.41, 5.74) is 4.52. The van der Waals surface area contributed by atoms with Gasteiger partial charge in [-0.3, -0.25) is 9.67 Å². The van der Waals surface area contributed by atoms with Crippen LogP contribution in [0.15, 0.2) is 42.7 Å². The van der Waals surface area contributed by atoms with Crippen LogP contribution >= 0.6 is 0 Å².